The Labute approximate surface area is 309 Å². The number of benzene rings is 5. The first kappa shape index (κ1) is 37.6. The van der Waals surface area contributed by atoms with E-state index in [2.05, 4.69) is 188 Å². The molecule has 0 heteroatoms. The van der Waals surface area contributed by atoms with Gasteiger partial charge in [-0.1, -0.05) is 190 Å². The topological polar surface area (TPSA) is 0 Å². The zero-order valence-electron chi connectivity index (χ0n) is 32.2. The average molecular weight is 671 g/mol. The number of allylic oxidation sites excluding steroid dienone is 3. The molecule has 0 fully saturated rings. The predicted molar refractivity (Wildman–Crippen MR) is 226 cm³/mol. The van der Waals surface area contributed by atoms with E-state index in [4.69, 9.17) is 0 Å². The zero-order chi connectivity index (χ0) is 36.2. The summed E-state index contributed by atoms with van der Waals surface area (Å²) in [7, 11) is 0. The van der Waals surface area contributed by atoms with E-state index in [1.54, 1.807) is 0 Å². The highest BCUT2D eigenvalue weighted by atomic mass is 14.2. The van der Waals surface area contributed by atoms with E-state index >= 15 is 0 Å². The maximum absolute atomic E-state index is 2.34. The van der Waals surface area contributed by atoms with Crippen molar-refractivity contribution in [1.82, 2.24) is 0 Å². The maximum atomic E-state index is 2.34. The van der Waals surface area contributed by atoms with E-state index in [1.807, 2.05) is 0 Å². The van der Waals surface area contributed by atoms with Gasteiger partial charge >= 0.3 is 0 Å². The summed E-state index contributed by atoms with van der Waals surface area (Å²) < 4.78 is 0. The van der Waals surface area contributed by atoms with Crippen LogP contribution < -0.4 is 0 Å². The highest BCUT2D eigenvalue weighted by Gasteiger charge is 2.13. The van der Waals surface area contributed by atoms with Gasteiger partial charge in [-0.3, -0.25) is 0 Å². The van der Waals surface area contributed by atoms with Crippen LogP contribution in [0.1, 0.15) is 120 Å². The van der Waals surface area contributed by atoms with E-state index < -0.39 is 0 Å². The van der Waals surface area contributed by atoms with E-state index in [1.165, 1.54) is 85.2 Å². The molecular weight excluding hydrogens is 613 g/mol. The molecule has 3 aliphatic carbocycles. The van der Waals surface area contributed by atoms with Gasteiger partial charge in [-0.25, -0.2) is 0 Å². The van der Waals surface area contributed by atoms with E-state index in [0.717, 1.165) is 31.6 Å². The summed E-state index contributed by atoms with van der Waals surface area (Å²) >= 11 is 0. The van der Waals surface area contributed by atoms with Gasteiger partial charge in [-0.2, -0.15) is 0 Å². The van der Waals surface area contributed by atoms with Gasteiger partial charge in [0.05, 0.1) is 0 Å². The quantitative estimate of drug-likeness (QED) is 0.179. The molecule has 0 spiro atoms. The fourth-order valence-electron chi connectivity index (χ4n) is 6.65. The molecular formula is C51H58. The Hall–Kier alpha value is -4.68. The van der Waals surface area contributed by atoms with Crippen molar-refractivity contribution in [1.29, 1.82) is 0 Å². The minimum absolute atomic E-state index is 0.699. The highest BCUT2D eigenvalue weighted by Crippen LogP contribution is 2.32. The van der Waals surface area contributed by atoms with E-state index in [0.29, 0.717) is 5.92 Å². The van der Waals surface area contributed by atoms with Crippen molar-refractivity contribution in [3.63, 3.8) is 0 Å². The molecule has 0 heterocycles. The Kier molecular flexibility index (Phi) is 13.6. The Morgan fingerprint density at radius 1 is 0.549 bits per heavy atom. The van der Waals surface area contributed by atoms with Crippen LogP contribution in [0.15, 0.2) is 121 Å². The van der Waals surface area contributed by atoms with Crippen molar-refractivity contribution in [2.24, 2.45) is 5.92 Å². The van der Waals surface area contributed by atoms with Crippen molar-refractivity contribution in [2.45, 2.75) is 92.9 Å². The Bertz CT molecular complexity index is 1840. The first-order valence-electron chi connectivity index (χ1n) is 19.2. The number of rotatable bonds is 3. The highest BCUT2D eigenvalue weighted by molar-refractivity contribution is 5.85. The lowest BCUT2D eigenvalue weighted by atomic mass is 9.87. The molecule has 0 saturated heterocycles. The molecule has 0 nitrogen and oxygen atoms in total. The third-order valence-corrected chi connectivity index (χ3v) is 10.3. The van der Waals surface area contributed by atoms with Crippen LogP contribution in [0.25, 0.3) is 29.4 Å². The monoisotopic (exact) mass is 670 g/mol. The lowest BCUT2D eigenvalue weighted by molar-refractivity contribution is 0.626. The standard InChI is InChI=1S/2C17H16.C12H14.C5H12/c2*1-13-6-8-15(9-7-13)17-11-10-14-4-2-3-5-16(14)12-17;1-9-6-7-11-5-3-4-10(2)12(11)8-9;1-4-5(2)3/h2*2-9,12H,10-11H2,1H3;3,5-8,10H,4H2,1-2H3;5H,4H2,1-3H3. The molecule has 0 aliphatic heterocycles. The summed E-state index contributed by atoms with van der Waals surface area (Å²) in [5, 5.41) is 0. The molecule has 262 valence electrons. The lowest BCUT2D eigenvalue weighted by Gasteiger charge is -2.17. The summed E-state index contributed by atoms with van der Waals surface area (Å²) in [6.07, 6.45) is 16.3. The van der Waals surface area contributed by atoms with Gasteiger partial charge in [0.25, 0.3) is 0 Å². The summed E-state index contributed by atoms with van der Waals surface area (Å²) in [6, 6.07) is 41.8. The number of fused-ring (bicyclic) bond motifs is 3. The minimum Gasteiger partial charge on any atom is -0.0833 e. The fourth-order valence-corrected chi connectivity index (χ4v) is 6.65. The van der Waals surface area contributed by atoms with Gasteiger partial charge in [-0.15, -0.1) is 0 Å². The molecule has 1 atom stereocenters. The Morgan fingerprint density at radius 2 is 1.00 bits per heavy atom. The molecule has 3 aliphatic rings. The normalized spacial score (nSPS) is 15.2. The van der Waals surface area contributed by atoms with E-state index in [9.17, 15) is 0 Å². The van der Waals surface area contributed by atoms with Gasteiger partial charge in [-0.05, 0) is 120 Å². The van der Waals surface area contributed by atoms with Gasteiger partial charge < -0.3 is 0 Å². The third-order valence-electron chi connectivity index (χ3n) is 10.3. The van der Waals surface area contributed by atoms with Crippen LogP contribution in [-0.2, 0) is 12.8 Å². The van der Waals surface area contributed by atoms with Gasteiger partial charge in [0.2, 0.25) is 0 Å². The zero-order valence-corrected chi connectivity index (χ0v) is 32.2. The van der Waals surface area contributed by atoms with Crippen LogP contribution in [0.2, 0.25) is 0 Å². The first-order valence-corrected chi connectivity index (χ1v) is 19.2. The molecule has 1 unspecified atom stereocenters. The third kappa shape index (κ3) is 10.9. The second-order valence-corrected chi connectivity index (χ2v) is 14.9. The van der Waals surface area contributed by atoms with Crippen molar-refractivity contribution in [3.05, 3.63) is 183 Å². The second kappa shape index (κ2) is 18.5. The van der Waals surface area contributed by atoms with E-state index in [-0.39, 0.29) is 0 Å². The summed E-state index contributed by atoms with van der Waals surface area (Å²) in [5.41, 5.74) is 18.3. The SMILES string of the molecule is CCC(C)C.Cc1ccc(C2=Cc3ccccc3CC2)cc1.Cc1ccc(C2=Cc3ccccc3CC2)cc1.Cc1ccc2c(c1)C(C)CC=C2. The second-order valence-electron chi connectivity index (χ2n) is 14.9. The van der Waals surface area contributed by atoms with Crippen LogP contribution >= 0.6 is 0 Å². The number of hydrogen-bond donors (Lipinski definition) is 0. The Morgan fingerprint density at radius 3 is 1.47 bits per heavy atom. The molecule has 8 rings (SSSR count). The maximum Gasteiger partial charge on any atom is -0.0150 e. The average Bonchev–Trinajstić information content (AvgIpc) is 3.16. The largest absolute Gasteiger partial charge is 0.0833 e. The minimum atomic E-state index is 0.699. The molecule has 0 saturated carbocycles. The summed E-state index contributed by atoms with van der Waals surface area (Å²) in [5.74, 6) is 1.58. The predicted octanol–water partition coefficient (Wildman–Crippen LogP) is 14.5. The summed E-state index contributed by atoms with van der Waals surface area (Å²) in [4.78, 5) is 0. The van der Waals surface area contributed by atoms with Gasteiger partial charge in [0.1, 0.15) is 0 Å². The van der Waals surface area contributed by atoms with Crippen molar-refractivity contribution in [2.75, 3.05) is 0 Å². The molecule has 0 aromatic heterocycles. The van der Waals surface area contributed by atoms with Crippen LogP contribution in [0.4, 0.5) is 0 Å². The molecule has 0 N–H and O–H groups in total. The fraction of sp³-hybridized carbons (Fsp3) is 0.294. The van der Waals surface area contributed by atoms with Crippen LogP contribution in [0.3, 0.4) is 0 Å². The van der Waals surface area contributed by atoms with Gasteiger partial charge in [0, 0.05) is 0 Å². The molecule has 0 radical (unpaired) electrons. The smallest absolute Gasteiger partial charge is 0.0150 e. The molecule has 0 bridgehead atoms. The van der Waals surface area contributed by atoms with Crippen LogP contribution in [-0.4, -0.2) is 0 Å². The molecule has 5 aromatic carbocycles. The number of aryl methyl sites for hydroxylation is 5. The summed E-state index contributed by atoms with van der Waals surface area (Å²) in [6.45, 7) is 15.4. The van der Waals surface area contributed by atoms with Gasteiger partial charge in [0.15, 0.2) is 0 Å². The van der Waals surface area contributed by atoms with Crippen molar-refractivity contribution < 1.29 is 0 Å². The van der Waals surface area contributed by atoms with Crippen LogP contribution in [0, 0.1) is 26.7 Å². The molecule has 5 aromatic rings. The molecule has 51 heavy (non-hydrogen) atoms. The Balaban J connectivity index is 0.000000141. The van der Waals surface area contributed by atoms with Crippen molar-refractivity contribution >= 4 is 29.4 Å². The van der Waals surface area contributed by atoms with Crippen molar-refractivity contribution in [3.8, 4) is 0 Å². The number of hydrogen-bond acceptors (Lipinski definition) is 0. The first-order chi connectivity index (χ1) is 24.7. The lowest BCUT2D eigenvalue weighted by Crippen LogP contribution is -1.99. The van der Waals surface area contributed by atoms with Crippen LogP contribution in [0.5, 0.6) is 0 Å². The molecule has 0 amide bonds.